The molecule has 5 nitrogen and oxygen atoms in total. The van der Waals surface area contributed by atoms with E-state index < -0.39 is 29.3 Å². The summed E-state index contributed by atoms with van der Waals surface area (Å²) in [4.78, 5) is 13.5. The molecule has 0 unspecified atom stereocenters. The Balaban J connectivity index is 3.23. The summed E-state index contributed by atoms with van der Waals surface area (Å²) in [5.41, 5.74) is 2.53. The van der Waals surface area contributed by atoms with Crippen LogP contribution in [0.3, 0.4) is 0 Å². The molecule has 2 N–H and O–H groups in total. The summed E-state index contributed by atoms with van der Waals surface area (Å²) in [6.45, 7) is 0. The van der Waals surface area contributed by atoms with E-state index in [9.17, 15) is 18.0 Å². The van der Waals surface area contributed by atoms with Crippen molar-refractivity contribution in [2.24, 2.45) is 5.73 Å². The lowest BCUT2D eigenvalue weighted by Gasteiger charge is -2.09. The maximum Gasteiger partial charge on any atom is 0.419 e. The van der Waals surface area contributed by atoms with Gasteiger partial charge in [0.05, 0.1) is 11.8 Å². The largest absolute Gasteiger partial charge is 0.419 e. The predicted molar refractivity (Wildman–Crippen MR) is 44.2 cm³/mol. The number of primary amides is 1. The summed E-state index contributed by atoms with van der Waals surface area (Å²) in [5.74, 6) is -0.473. The lowest BCUT2D eigenvalue weighted by Crippen LogP contribution is -2.17. The molecular weight excluding hydrogens is 227 g/mol. The number of carbonyl (C=O) groups is 1. The Labute approximate surface area is 87.3 Å². The number of halogens is 3. The summed E-state index contributed by atoms with van der Waals surface area (Å²) < 4.78 is 41.4. The molecule has 8 heteroatoms. The Morgan fingerprint density at radius 1 is 1.56 bits per heavy atom. The van der Waals surface area contributed by atoms with Crippen LogP contribution in [0.4, 0.5) is 18.0 Å². The van der Waals surface area contributed by atoms with Crippen molar-refractivity contribution in [1.29, 1.82) is 5.26 Å². The molecule has 1 aromatic heterocycles. The van der Waals surface area contributed by atoms with Crippen LogP contribution in [0, 0.1) is 11.3 Å². The molecule has 0 aliphatic rings. The fraction of sp³-hybridized carbons (Fsp3) is 0.125. The molecule has 0 atom stereocenters. The molecular formula is C8H4F3N3O2. The molecule has 0 spiro atoms. The van der Waals surface area contributed by atoms with Crippen molar-refractivity contribution in [3.05, 3.63) is 23.5 Å². The van der Waals surface area contributed by atoms with Crippen LogP contribution in [0.15, 0.2) is 12.3 Å². The first-order valence-electron chi connectivity index (χ1n) is 3.79. The molecule has 0 aromatic carbocycles. The van der Waals surface area contributed by atoms with Crippen LogP contribution in [-0.4, -0.2) is 11.1 Å². The Morgan fingerprint density at radius 3 is 2.62 bits per heavy atom. The molecule has 1 amide bonds. The number of hydrogen-bond donors (Lipinski definition) is 1. The number of hydrogen-bond acceptors (Lipinski definition) is 4. The van der Waals surface area contributed by atoms with Gasteiger partial charge < -0.3 is 10.5 Å². The zero-order chi connectivity index (χ0) is 12.3. The van der Waals surface area contributed by atoms with Gasteiger partial charge in [-0.2, -0.15) is 18.4 Å². The van der Waals surface area contributed by atoms with Crippen LogP contribution in [0.2, 0.25) is 0 Å². The van der Waals surface area contributed by atoms with Crippen molar-refractivity contribution in [3.8, 4) is 11.8 Å². The third-order valence-corrected chi connectivity index (χ3v) is 1.49. The van der Waals surface area contributed by atoms with Gasteiger partial charge in [0.25, 0.3) is 0 Å². The van der Waals surface area contributed by atoms with Crippen LogP contribution < -0.4 is 10.5 Å². The van der Waals surface area contributed by atoms with E-state index in [1.807, 2.05) is 0 Å². The van der Waals surface area contributed by atoms with E-state index in [4.69, 9.17) is 5.26 Å². The fourth-order valence-electron chi connectivity index (χ4n) is 0.923. The van der Waals surface area contributed by atoms with E-state index in [0.29, 0.717) is 6.07 Å². The Kier molecular flexibility index (Phi) is 2.99. The lowest BCUT2D eigenvalue weighted by atomic mass is 10.2. The van der Waals surface area contributed by atoms with E-state index in [1.54, 1.807) is 0 Å². The van der Waals surface area contributed by atoms with Gasteiger partial charge in [-0.15, -0.1) is 0 Å². The monoisotopic (exact) mass is 231 g/mol. The van der Waals surface area contributed by atoms with Gasteiger partial charge in [0.15, 0.2) is 11.4 Å². The first-order chi connectivity index (χ1) is 7.34. The van der Waals surface area contributed by atoms with Gasteiger partial charge in [0.2, 0.25) is 0 Å². The molecule has 0 fully saturated rings. The average Bonchev–Trinajstić information content (AvgIpc) is 2.15. The first-order valence-corrected chi connectivity index (χ1v) is 3.79. The maximum absolute atomic E-state index is 12.4. The molecule has 1 heterocycles. The summed E-state index contributed by atoms with van der Waals surface area (Å²) >= 11 is 0. The molecule has 0 bridgehead atoms. The van der Waals surface area contributed by atoms with Crippen LogP contribution in [0.1, 0.15) is 11.3 Å². The zero-order valence-corrected chi connectivity index (χ0v) is 7.58. The molecule has 16 heavy (non-hydrogen) atoms. The molecule has 84 valence electrons. The molecule has 0 aliphatic carbocycles. The molecule has 0 saturated carbocycles. The molecule has 0 radical (unpaired) electrons. The highest BCUT2D eigenvalue weighted by molar-refractivity contribution is 5.68. The van der Waals surface area contributed by atoms with Crippen LogP contribution in [0.5, 0.6) is 5.75 Å². The molecule has 0 saturated heterocycles. The van der Waals surface area contributed by atoms with Crippen LogP contribution in [0.25, 0.3) is 0 Å². The Hall–Kier alpha value is -2.30. The number of amides is 1. The predicted octanol–water partition coefficient (Wildman–Crippen LogP) is 1.43. The number of nitrogens with two attached hydrogens (primary N) is 1. The standard InChI is InChI=1S/C8H4F3N3O2/c9-8(10,11)5-1-4(16-7(13)15)3-14-6(5)2-12/h1,3H,(H2,13,15). The minimum atomic E-state index is -4.75. The minimum Gasteiger partial charge on any atom is -0.409 e. The van der Waals surface area contributed by atoms with Gasteiger partial charge in [-0.25, -0.2) is 9.78 Å². The number of rotatable bonds is 1. The number of pyridine rings is 1. The number of carbonyl (C=O) groups excluding carboxylic acids is 1. The number of aromatic nitrogens is 1. The van der Waals surface area contributed by atoms with E-state index in [1.165, 1.54) is 6.07 Å². The van der Waals surface area contributed by atoms with E-state index in [-0.39, 0.29) is 0 Å². The normalized spacial score (nSPS) is 10.6. The highest BCUT2D eigenvalue weighted by Crippen LogP contribution is 2.32. The number of alkyl halides is 3. The summed E-state index contributed by atoms with van der Waals surface area (Å²) in [6.07, 6.45) is -5.21. The van der Waals surface area contributed by atoms with Gasteiger partial charge in [-0.05, 0) is 6.07 Å². The number of ether oxygens (including phenoxy) is 1. The summed E-state index contributed by atoms with van der Waals surface area (Å²) in [5, 5.41) is 8.41. The first kappa shape index (κ1) is 11.8. The average molecular weight is 231 g/mol. The van der Waals surface area contributed by atoms with Gasteiger partial charge in [0, 0.05) is 0 Å². The van der Waals surface area contributed by atoms with Crippen molar-refractivity contribution in [1.82, 2.24) is 4.98 Å². The molecule has 1 aromatic rings. The summed E-state index contributed by atoms with van der Waals surface area (Å²) in [6, 6.07) is 1.76. The number of nitrogens with zero attached hydrogens (tertiary/aromatic N) is 2. The topological polar surface area (TPSA) is 89.0 Å². The van der Waals surface area contributed by atoms with Crippen molar-refractivity contribution < 1.29 is 22.7 Å². The van der Waals surface area contributed by atoms with Crippen molar-refractivity contribution >= 4 is 6.09 Å². The SMILES string of the molecule is N#Cc1ncc(OC(N)=O)cc1C(F)(F)F. The van der Waals surface area contributed by atoms with Crippen LogP contribution >= 0.6 is 0 Å². The molecule has 0 aliphatic heterocycles. The third-order valence-electron chi connectivity index (χ3n) is 1.49. The second-order valence-corrected chi connectivity index (χ2v) is 2.60. The van der Waals surface area contributed by atoms with Crippen molar-refractivity contribution in [2.75, 3.05) is 0 Å². The van der Waals surface area contributed by atoms with Crippen molar-refractivity contribution in [2.45, 2.75) is 6.18 Å². The van der Waals surface area contributed by atoms with Gasteiger partial charge in [0.1, 0.15) is 6.07 Å². The maximum atomic E-state index is 12.4. The lowest BCUT2D eigenvalue weighted by molar-refractivity contribution is -0.138. The Bertz CT molecular complexity index is 465. The Morgan fingerprint density at radius 2 is 2.19 bits per heavy atom. The minimum absolute atomic E-state index is 0.473. The smallest absolute Gasteiger partial charge is 0.409 e. The zero-order valence-electron chi connectivity index (χ0n) is 7.58. The second-order valence-electron chi connectivity index (χ2n) is 2.60. The van der Waals surface area contributed by atoms with Crippen molar-refractivity contribution in [3.63, 3.8) is 0 Å². The molecule has 1 rings (SSSR count). The van der Waals surface area contributed by atoms with E-state index in [0.717, 1.165) is 6.20 Å². The van der Waals surface area contributed by atoms with Crippen LogP contribution in [-0.2, 0) is 6.18 Å². The highest BCUT2D eigenvalue weighted by Gasteiger charge is 2.35. The van der Waals surface area contributed by atoms with Gasteiger partial charge in [-0.1, -0.05) is 0 Å². The third kappa shape index (κ3) is 2.60. The van der Waals surface area contributed by atoms with Gasteiger partial charge >= 0.3 is 12.3 Å². The quantitative estimate of drug-likeness (QED) is 0.791. The van der Waals surface area contributed by atoms with Gasteiger partial charge in [-0.3, -0.25) is 0 Å². The highest BCUT2D eigenvalue weighted by atomic mass is 19.4. The number of nitriles is 1. The fourth-order valence-corrected chi connectivity index (χ4v) is 0.923. The summed E-state index contributed by atoms with van der Waals surface area (Å²) in [7, 11) is 0. The van der Waals surface area contributed by atoms with E-state index >= 15 is 0 Å². The van der Waals surface area contributed by atoms with E-state index in [2.05, 4.69) is 15.5 Å². The second kappa shape index (κ2) is 4.06.